The zero-order valence-electron chi connectivity index (χ0n) is 12.8. The number of nitrogens with one attached hydrogen (secondary N) is 1. The smallest absolute Gasteiger partial charge is 0.239 e. The Balaban J connectivity index is 2.10. The zero-order valence-corrected chi connectivity index (χ0v) is 14.4. The van der Waals surface area contributed by atoms with Gasteiger partial charge in [0.15, 0.2) is 0 Å². The van der Waals surface area contributed by atoms with Crippen molar-refractivity contribution in [3.8, 4) is 0 Å². The van der Waals surface area contributed by atoms with Gasteiger partial charge in [-0.25, -0.2) is 8.42 Å². The molecule has 0 heterocycles. The normalized spacial score (nSPS) is 16.2. The number of carbonyl (C=O) groups excluding carboxylic acids is 1. The molecular weight excluding hydrogens is 324 g/mol. The molecule has 1 N–H and O–H groups in total. The average Bonchev–Trinajstić information content (AvgIpc) is 2.93. The van der Waals surface area contributed by atoms with E-state index in [1.165, 1.54) is 4.31 Å². The van der Waals surface area contributed by atoms with E-state index in [1.807, 2.05) is 6.92 Å². The second kappa shape index (κ2) is 6.98. The van der Waals surface area contributed by atoms with Crippen molar-refractivity contribution in [2.45, 2.75) is 38.6 Å². The standard InChI is InChI=1S/C15H21ClN2O3S/c1-11-13(16)8-5-9-14(11)17-15(19)10-18(22(2,20)21)12-6-3-4-7-12/h5,8-9,12H,3-4,6-7,10H2,1-2H3,(H,17,19). The molecule has 0 bridgehead atoms. The molecule has 1 aromatic rings. The number of nitrogens with zero attached hydrogens (tertiary/aromatic N) is 1. The van der Waals surface area contributed by atoms with Gasteiger partial charge in [-0.15, -0.1) is 0 Å². The van der Waals surface area contributed by atoms with Crippen LogP contribution >= 0.6 is 11.6 Å². The Morgan fingerprint density at radius 1 is 1.36 bits per heavy atom. The summed E-state index contributed by atoms with van der Waals surface area (Å²) < 4.78 is 25.2. The zero-order chi connectivity index (χ0) is 16.3. The Labute approximate surface area is 136 Å². The highest BCUT2D eigenvalue weighted by molar-refractivity contribution is 7.88. The molecule has 1 aliphatic carbocycles. The molecule has 0 aromatic heterocycles. The summed E-state index contributed by atoms with van der Waals surface area (Å²) in [5.41, 5.74) is 1.38. The van der Waals surface area contributed by atoms with Crippen LogP contribution < -0.4 is 5.32 Å². The molecule has 0 saturated heterocycles. The number of halogens is 1. The molecule has 5 nitrogen and oxygen atoms in total. The van der Waals surface area contributed by atoms with Crippen LogP contribution in [-0.2, 0) is 14.8 Å². The predicted octanol–water partition coefficient (Wildman–Crippen LogP) is 2.79. The molecule has 0 atom stereocenters. The van der Waals surface area contributed by atoms with Gasteiger partial charge in [-0.1, -0.05) is 30.5 Å². The van der Waals surface area contributed by atoms with Crippen LogP contribution in [0.3, 0.4) is 0 Å². The fraction of sp³-hybridized carbons (Fsp3) is 0.533. The van der Waals surface area contributed by atoms with Crippen molar-refractivity contribution in [1.82, 2.24) is 4.31 Å². The maximum absolute atomic E-state index is 12.2. The maximum atomic E-state index is 12.2. The third-order valence-electron chi connectivity index (χ3n) is 4.00. The molecule has 0 spiro atoms. The number of carbonyl (C=O) groups is 1. The Hall–Kier alpha value is -1.11. The second-order valence-electron chi connectivity index (χ2n) is 5.71. The summed E-state index contributed by atoms with van der Waals surface area (Å²) in [5, 5.41) is 3.31. The Kier molecular flexibility index (Phi) is 5.47. The Bertz CT molecular complexity index is 655. The molecule has 0 aliphatic heterocycles. The van der Waals surface area contributed by atoms with Crippen LogP contribution in [0, 0.1) is 6.92 Å². The van der Waals surface area contributed by atoms with Gasteiger partial charge in [-0.3, -0.25) is 4.79 Å². The van der Waals surface area contributed by atoms with Gasteiger partial charge < -0.3 is 5.32 Å². The topological polar surface area (TPSA) is 66.5 Å². The quantitative estimate of drug-likeness (QED) is 0.893. The highest BCUT2D eigenvalue weighted by Crippen LogP contribution is 2.26. The first-order chi connectivity index (χ1) is 10.3. The van der Waals surface area contributed by atoms with Crippen LogP contribution in [0.4, 0.5) is 5.69 Å². The van der Waals surface area contributed by atoms with E-state index in [0.717, 1.165) is 37.5 Å². The molecule has 7 heteroatoms. The summed E-state index contributed by atoms with van der Waals surface area (Å²) in [6, 6.07) is 5.17. The SMILES string of the molecule is Cc1c(Cl)cccc1NC(=O)CN(C1CCCC1)S(C)(=O)=O. The summed E-state index contributed by atoms with van der Waals surface area (Å²) in [6.07, 6.45) is 4.80. The number of sulfonamides is 1. The lowest BCUT2D eigenvalue weighted by atomic mass is 10.2. The molecule has 122 valence electrons. The summed E-state index contributed by atoms with van der Waals surface area (Å²) in [4.78, 5) is 12.2. The first-order valence-corrected chi connectivity index (χ1v) is 9.53. The molecule has 1 amide bonds. The van der Waals surface area contributed by atoms with E-state index < -0.39 is 10.0 Å². The van der Waals surface area contributed by atoms with Crippen molar-refractivity contribution >= 4 is 33.2 Å². The highest BCUT2D eigenvalue weighted by Gasteiger charge is 2.30. The van der Waals surface area contributed by atoms with Crippen molar-refractivity contribution in [2.24, 2.45) is 0 Å². The molecule has 0 radical (unpaired) electrons. The van der Waals surface area contributed by atoms with Crippen LogP contribution in [0.25, 0.3) is 0 Å². The van der Waals surface area contributed by atoms with Crippen LogP contribution in [0.5, 0.6) is 0 Å². The lowest BCUT2D eigenvalue weighted by Crippen LogP contribution is -2.43. The minimum Gasteiger partial charge on any atom is -0.325 e. The predicted molar refractivity (Wildman–Crippen MR) is 88.6 cm³/mol. The fourth-order valence-corrected chi connectivity index (χ4v) is 4.06. The van der Waals surface area contributed by atoms with E-state index in [1.54, 1.807) is 18.2 Å². The average molecular weight is 345 g/mol. The first-order valence-electron chi connectivity index (χ1n) is 7.31. The minimum atomic E-state index is -3.41. The van der Waals surface area contributed by atoms with Crippen molar-refractivity contribution < 1.29 is 13.2 Å². The third kappa shape index (κ3) is 4.21. The van der Waals surface area contributed by atoms with E-state index >= 15 is 0 Å². The minimum absolute atomic E-state index is 0.0683. The van der Waals surface area contributed by atoms with Gasteiger partial charge in [-0.2, -0.15) is 4.31 Å². The summed E-state index contributed by atoms with van der Waals surface area (Å²) in [5.74, 6) is -0.345. The Morgan fingerprint density at radius 3 is 2.59 bits per heavy atom. The van der Waals surface area contributed by atoms with Crippen molar-refractivity contribution in [3.05, 3.63) is 28.8 Å². The van der Waals surface area contributed by atoms with Crippen molar-refractivity contribution in [1.29, 1.82) is 0 Å². The fourth-order valence-electron chi connectivity index (χ4n) is 2.78. The van der Waals surface area contributed by atoms with Gasteiger partial charge >= 0.3 is 0 Å². The van der Waals surface area contributed by atoms with Gasteiger partial charge in [0.1, 0.15) is 0 Å². The van der Waals surface area contributed by atoms with Crippen molar-refractivity contribution in [2.75, 3.05) is 18.1 Å². The number of benzene rings is 1. The van der Waals surface area contributed by atoms with Crippen LogP contribution in [0.2, 0.25) is 5.02 Å². The number of hydrogen-bond acceptors (Lipinski definition) is 3. The summed E-state index contributed by atoms with van der Waals surface area (Å²) in [7, 11) is -3.41. The van der Waals surface area contributed by atoms with Crippen LogP contribution in [-0.4, -0.2) is 37.5 Å². The number of amides is 1. The number of hydrogen-bond donors (Lipinski definition) is 1. The van der Waals surface area contributed by atoms with E-state index in [4.69, 9.17) is 11.6 Å². The lowest BCUT2D eigenvalue weighted by Gasteiger charge is -2.25. The molecule has 1 saturated carbocycles. The Morgan fingerprint density at radius 2 is 2.00 bits per heavy atom. The van der Waals surface area contributed by atoms with E-state index in [9.17, 15) is 13.2 Å². The van der Waals surface area contributed by atoms with E-state index in [-0.39, 0.29) is 18.5 Å². The van der Waals surface area contributed by atoms with Crippen LogP contribution in [0.1, 0.15) is 31.2 Å². The monoisotopic (exact) mass is 344 g/mol. The molecule has 1 aromatic carbocycles. The van der Waals surface area contributed by atoms with Crippen molar-refractivity contribution in [3.63, 3.8) is 0 Å². The van der Waals surface area contributed by atoms with E-state index in [2.05, 4.69) is 5.32 Å². The third-order valence-corrected chi connectivity index (χ3v) is 5.69. The first kappa shape index (κ1) is 17.2. The molecule has 22 heavy (non-hydrogen) atoms. The number of rotatable bonds is 5. The largest absolute Gasteiger partial charge is 0.325 e. The molecule has 1 fully saturated rings. The van der Waals surface area contributed by atoms with Gasteiger partial charge in [0, 0.05) is 16.8 Å². The van der Waals surface area contributed by atoms with E-state index in [0.29, 0.717) is 10.7 Å². The van der Waals surface area contributed by atoms with Gasteiger partial charge in [0.2, 0.25) is 15.9 Å². The molecule has 1 aliphatic rings. The van der Waals surface area contributed by atoms with Crippen LogP contribution in [0.15, 0.2) is 18.2 Å². The maximum Gasteiger partial charge on any atom is 0.239 e. The van der Waals surface area contributed by atoms with Gasteiger partial charge in [0.25, 0.3) is 0 Å². The van der Waals surface area contributed by atoms with Gasteiger partial charge in [0.05, 0.1) is 12.8 Å². The molecule has 0 unspecified atom stereocenters. The summed E-state index contributed by atoms with van der Waals surface area (Å²) >= 11 is 6.02. The molecule has 2 rings (SSSR count). The highest BCUT2D eigenvalue weighted by atomic mass is 35.5. The summed E-state index contributed by atoms with van der Waals surface area (Å²) in [6.45, 7) is 1.65. The lowest BCUT2D eigenvalue weighted by molar-refractivity contribution is -0.116. The second-order valence-corrected chi connectivity index (χ2v) is 8.05. The molecular formula is C15H21ClN2O3S. The number of anilines is 1. The van der Waals surface area contributed by atoms with Gasteiger partial charge in [-0.05, 0) is 37.5 Å².